The van der Waals surface area contributed by atoms with Gasteiger partial charge >= 0.3 is 0 Å². The van der Waals surface area contributed by atoms with E-state index in [-0.39, 0.29) is 11.9 Å². The summed E-state index contributed by atoms with van der Waals surface area (Å²) >= 11 is 15.6. The molecule has 30 heavy (non-hydrogen) atoms. The van der Waals surface area contributed by atoms with Gasteiger partial charge in [-0.1, -0.05) is 41.9 Å². The number of amidine groups is 1. The van der Waals surface area contributed by atoms with Crippen LogP contribution in [0.15, 0.2) is 58.5 Å². The molecule has 0 spiro atoms. The van der Waals surface area contributed by atoms with Crippen molar-refractivity contribution >= 4 is 52.3 Å². The Morgan fingerprint density at radius 2 is 1.70 bits per heavy atom. The number of aliphatic hydroxyl groups is 1. The number of halogens is 3. The molecule has 7 nitrogen and oxygen atoms in total. The summed E-state index contributed by atoms with van der Waals surface area (Å²) in [6.45, 7) is 1.31. The number of hydroxylamine groups is 2. The lowest BCUT2D eigenvalue weighted by molar-refractivity contribution is -0.134. The van der Waals surface area contributed by atoms with Crippen molar-refractivity contribution in [3.8, 4) is 0 Å². The van der Waals surface area contributed by atoms with E-state index >= 15 is 0 Å². The van der Waals surface area contributed by atoms with Gasteiger partial charge in [0.1, 0.15) is 12.4 Å². The number of rotatable bonds is 1. The molecule has 1 aliphatic heterocycles. The van der Waals surface area contributed by atoms with Crippen LogP contribution < -0.4 is 10.6 Å². The molecule has 3 N–H and O–H groups in total. The predicted molar refractivity (Wildman–Crippen MR) is 121 cm³/mol. The van der Waals surface area contributed by atoms with Crippen LogP contribution in [-0.4, -0.2) is 58.3 Å². The van der Waals surface area contributed by atoms with Crippen LogP contribution in [0.25, 0.3) is 5.70 Å². The number of aliphatic imine (C=N–C) groups is 1. The van der Waals surface area contributed by atoms with Crippen molar-refractivity contribution in [2.24, 2.45) is 9.98 Å². The minimum absolute atomic E-state index is 0.194. The number of aliphatic carboxylic acids is 1. The second kappa shape index (κ2) is 15.6. The molecule has 2 aromatic rings. The molecular weight excluding hydrogens is 453 g/mol. The van der Waals surface area contributed by atoms with Gasteiger partial charge in [-0.15, -0.1) is 23.2 Å². The summed E-state index contributed by atoms with van der Waals surface area (Å²) in [5, 5.41) is 28.4. The zero-order chi connectivity index (χ0) is 23.1. The van der Waals surface area contributed by atoms with E-state index in [0.29, 0.717) is 16.6 Å². The molecule has 0 amide bonds. The summed E-state index contributed by atoms with van der Waals surface area (Å²) in [5.41, 5.74) is 1.58. The van der Waals surface area contributed by atoms with E-state index in [9.17, 15) is 5.21 Å². The highest BCUT2D eigenvalue weighted by atomic mass is 35.5. The third-order valence-corrected chi connectivity index (χ3v) is 3.55. The highest BCUT2D eigenvalue weighted by Gasteiger charge is 2.17. The van der Waals surface area contributed by atoms with Gasteiger partial charge in [0, 0.05) is 36.9 Å². The number of nitrogens with zero attached hydrogens (tertiary/aromatic N) is 3. The van der Waals surface area contributed by atoms with Gasteiger partial charge in [-0.25, -0.2) is 10.1 Å². The summed E-state index contributed by atoms with van der Waals surface area (Å²) < 4.78 is 0. The zero-order valence-corrected chi connectivity index (χ0v) is 19.0. The van der Waals surface area contributed by atoms with Gasteiger partial charge in [0.15, 0.2) is 0 Å². The Kier molecular flexibility index (Phi) is 14.5. The smallest absolute Gasteiger partial charge is 0.300 e. The van der Waals surface area contributed by atoms with Crippen molar-refractivity contribution in [2.75, 3.05) is 26.0 Å². The number of carbonyl (C=O) groups is 1. The molecule has 0 bridgehead atoms. The average molecular weight is 477 g/mol. The van der Waals surface area contributed by atoms with Gasteiger partial charge in [-0.05, 0) is 18.2 Å². The van der Waals surface area contributed by atoms with E-state index in [1.54, 1.807) is 13.1 Å². The largest absolute Gasteiger partial charge is 0.481 e. The van der Waals surface area contributed by atoms with Crippen molar-refractivity contribution in [1.82, 2.24) is 5.06 Å². The third-order valence-electron chi connectivity index (χ3n) is 3.32. The maximum Gasteiger partial charge on any atom is 0.300 e. The van der Waals surface area contributed by atoms with Crippen LogP contribution in [0.4, 0.5) is 0 Å². The summed E-state index contributed by atoms with van der Waals surface area (Å²) in [6, 6.07) is 15.1. The molecule has 3 rings (SSSR count). The van der Waals surface area contributed by atoms with Crippen LogP contribution >= 0.6 is 34.8 Å². The second-order valence-corrected chi connectivity index (χ2v) is 6.55. The Bertz CT molecular complexity index is 934. The Morgan fingerprint density at radius 1 is 1.17 bits per heavy atom. The molecule has 0 atom stereocenters. The van der Waals surface area contributed by atoms with E-state index < -0.39 is 5.97 Å². The zero-order valence-electron chi connectivity index (χ0n) is 16.8. The SMILES string of the molecule is CC(=O)O.CN=C1CN(O)C(c2ccccc2)=c2cc(Cl)ccc2=N1.CO.ClCCl. The highest BCUT2D eigenvalue weighted by Crippen LogP contribution is 2.15. The molecule has 1 heterocycles. The Balaban J connectivity index is 0.000000806. The molecule has 0 aromatic heterocycles. The van der Waals surface area contributed by atoms with Crippen LogP contribution in [0.5, 0.6) is 0 Å². The van der Waals surface area contributed by atoms with Gasteiger partial charge in [0.05, 0.1) is 16.4 Å². The van der Waals surface area contributed by atoms with E-state index in [2.05, 4.69) is 9.98 Å². The van der Waals surface area contributed by atoms with Gasteiger partial charge in [0.2, 0.25) is 0 Å². The number of alkyl halides is 2. The number of carboxylic acids is 1. The first kappa shape index (κ1) is 27.8. The van der Waals surface area contributed by atoms with E-state index in [1.807, 2.05) is 42.5 Å². The normalized spacial score (nSPS) is 13.1. The number of hydrogen-bond donors (Lipinski definition) is 3. The van der Waals surface area contributed by atoms with Crippen LogP contribution in [-0.2, 0) is 4.79 Å². The van der Waals surface area contributed by atoms with E-state index in [1.165, 1.54) is 5.06 Å². The Morgan fingerprint density at radius 3 is 2.20 bits per heavy atom. The van der Waals surface area contributed by atoms with E-state index in [4.69, 9.17) is 49.8 Å². The molecule has 0 radical (unpaired) electrons. The summed E-state index contributed by atoms with van der Waals surface area (Å²) in [7, 11) is 2.66. The van der Waals surface area contributed by atoms with Crippen LogP contribution in [0.3, 0.4) is 0 Å². The van der Waals surface area contributed by atoms with Crippen molar-refractivity contribution in [3.63, 3.8) is 0 Å². The van der Waals surface area contributed by atoms with Crippen LogP contribution in [0, 0.1) is 0 Å². The fourth-order valence-electron chi connectivity index (χ4n) is 2.34. The number of fused-ring (bicyclic) bond motifs is 1. The molecule has 0 aliphatic carbocycles. The fourth-order valence-corrected chi connectivity index (χ4v) is 2.52. The summed E-state index contributed by atoms with van der Waals surface area (Å²) in [6.07, 6.45) is 0. The topological polar surface area (TPSA) is 106 Å². The molecule has 10 heteroatoms. The lowest BCUT2D eigenvalue weighted by atomic mass is 10.1. The highest BCUT2D eigenvalue weighted by molar-refractivity contribution is 6.40. The van der Waals surface area contributed by atoms with Gasteiger partial charge < -0.3 is 10.2 Å². The van der Waals surface area contributed by atoms with Crippen molar-refractivity contribution in [1.29, 1.82) is 0 Å². The van der Waals surface area contributed by atoms with Gasteiger partial charge in [0.25, 0.3) is 5.97 Å². The summed E-state index contributed by atoms with van der Waals surface area (Å²) in [5.74, 6) is -0.271. The number of aliphatic hydroxyl groups excluding tert-OH is 1. The number of benzene rings is 2. The molecule has 164 valence electrons. The van der Waals surface area contributed by atoms with Crippen LogP contribution in [0.1, 0.15) is 12.5 Å². The minimum atomic E-state index is -0.833. The average Bonchev–Trinajstić information content (AvgIpc) is 2.85. The Hall–Kier alpha value is -2.16. The monoisotopic (exact) mass is 475 g/mol. The van der Waals surface area contributed by atoms with Crippen molar-refractivity contribution < 1.29 is 20.2 Å². The third kappa shape index (κ3) is 9.56. The van der Waals surface area contributed by atoms with Gasteiger partial charge in [-0.3, -0.25) is 15.0 Å². The fraction of sp³-hybridized carbons (Fsp3) is 0.250. The molecule has 0 saturated carbocycles. The maximum absolute atomic E-state index is 10.5. The second-order valence-electron chi connectivity index (χ2n) is 5.31. The van der Waals surface area contributed by atoms with E-state index in [0.717, 1.165) is 30.2 Å². The van der Waals surface area contributed by atoms with Gasteiger partial charge in [-0.2, -0.15) is 0 Å². The molecule has 1 aliphatic rings. The molecule has 0 unspecified atom stereocenters. The number of carboxylic acid groups (broad SMARTS) is 1. The lowest BCUT2D eigenvalue weighted by Crippen LogP contribution is -2.31. The molecule has 0 fully saturated rings. The first-order valence-corrected chi connectivity index (χ1v) is 9.91. The van der Waals surface area contributed by atoms with Crippen LogP contribution in [0.2, 0.25) is 5.02 Å². The number of hydrogen-bond acceptors (Lipinski definition) is 5. The molecule has 2 aromatic carbocycles. The summed E-state index contributed by atoms with van der Waals surface area (Å²) in [4.78, 5) is 17.6. The quantitative estimate of drug-likeness (QED) is 0.549. The first-order chi connectivity index (χ1) is 14.3. The minimum Gasteiger partial charge on any atom is -0.481 e. The Labute approximate surface area is 190 Å². The molecular formula is C20H24Cl3N3O4. The predicted octanol–water partition coefficient (Wildman–Crippen LogP) is 2.97. The van der Waals surface area contributed by atoms with Crippen molar-refractivity contribution in [3.05, 3.63) is 69.7 Å². The first-order valence-electron chi connectivity index (χ1n) is 8.46. The standard InChI is InChI=1S/C16H14ClN3O.C2H4O2.CH2Cl2.CH4O/c1-18-15-10-20(21)16(11-5-3-2-4-6-11)13-9-12(17)7-8-14(13)19-15;1-2(3)4;2-1-3;1-2/h2-9,21H,10H2,1H3;1H3,(H,3,4);1H2;2H,1H3. The molecule has 0 saturated heterocycles. The van der Waals surface area contributed by atoms with Crippen molar-refractivity contribution in [2.45, 2.75) is 6.92 Å². The maximum atomic E-state index is 10.5. The lowest BCUT2D eigenvalue weighted by Gasteiger charge is -2.19.